The first-order chi connectivity index (χ1) is 8.70. The van der Waals surface area contributed by atoms with E-state index in [1.54, 1.807) is 0 Å². The van der Waals surface area contributed by atoms with Crippen molar-refractivity contribution in [2.75, 3.05) is 6.54 Å². The Kier molecular flexibility index (Phi) is 4.61. The first-order valence-electron chi connectivity index (χ1n) is 7.27. The van der Waals surface area contributed by atoms with Gasteiger partial charge in [-0.1, -0.05) is 26.2 Å². The highest BCUT2D eigenvalue weighted by atomic mass is 16.2. The molecular formula is C14H24N2O2. The molecule has 2 saturated carbocycles. The second-order valence-electron chi connectivity index (χ2n) is 5.62. The number of hydrogen-bond donors (Lipinski definition) is 2. The highest BCUT2D eigenvalue weighted by Gasteiger charge is 2.30. The van der Waals surface area contributed by atoms with Gasteiger partial charge in [-0.05, 0) is 31.6 Å². The monoisotopic (exact) mass is 252 g/mol. The van der Waals surface area contributed by atoms with E-state index in [1.807, 2.05) is 0 Å². The molecule has 0 aromatic heterocycles. The fraction of sp³-hybridized carbons (Fsp3) is 0.857. The number of rotatable bonds is 5. The van der Waals surface area contributed by atoms with E-state index in [1.165, 1.54) is 19.3 Å². The summed E-state index contributed by atoms with van der Waals surface area (Å²) in [6.07, 6.45) is 7.87. The van der Waals surface area contributed by atoms with Crippen molar-refractivity contribution in [2.24, 2.45) is 11.8 Å². The molecule has 0 aromatic carbocycles. The van der Waals surface area contributed by atoms with Crippen LogP contribution in [-0.2, 0) is 9.59 Å². The van der Waals surface area contributed by atoms with Gasteiger partial charge in [-0.15, -0.1) is 0 Å². The Morgan fingerprint density at radius 1 is 1.11 bits per heavy atom. The molecule has 2 aliphatic carbocycles. The van der Waals surface area contributed by atoms with Crippen LogP contribution in [0.2, 0.25) is 0 Å². The van der Waals surface area contributed by atoms with Gasteiger partial charge in [0.1, 0.15) is 0 Å². The molecule has 2 aliphatic rings. The fourth-order valence-corrected chi connectivity index (χ4v) is 2.80. The quantitative estimate of drug-likeness (QED) is 0.781. The summed E-state index contributed by atoms with van der Waals surface area (Å²) in [4.78, 5) is 23.2. The average molecular weight is 252 g/mol. The number of hydrogen-bond acceptors (Lipinski definition) is 2. The van der Waals surface area contributed by atoms with E-state index in [-0.39, 0.29) is 24.3 Å². The van der Waals surface area contributed by atoms with Gasteiger partial charge in [-0.2, -0.15) is 0 Å². The summed E-state index contributed by atoms with van der Waals surface area (Å²) in [6, 6.07) is 0.314. The van der Waals surface area contributed by atoms with E-state index in [4.69, 9.17) is 0 Å². The highest BCUT2D eigenvalue weighted by molar-refractivity contribution is 5.86. The molecule has 0 heterocycles. The molecule has 2 N–H and O–H groups in total. The van der Waals surface area contributed by atoms with Gasteiger partial charge < -0.3 is 10.6 Å². The minimum Gasteiger partial charge on any atom is -0.352 e. The second kappa shape index (κ2) is 6.21. The van der Waals surface area contributed by atoms with Crippen LogP contribution in [0.25, 0.3) is 0 Å². The topological polar surface area (TPSA) is 58.2 Å². The van der Waals surface area contributed by atoms with E-state index < -0.39 is 0 Å². The maximum atomic E-state index is 11.8. The van der Waals surface area contributed by atoms with Crippen molar-refractivity contribution >= 4 is 11.8 Å². The van der Waals surface area contributed by atoms with Crippen LogP contribution in [0, 0.1) is 11.8 Å². The Labute approximate surface area is 109 Å². The summed E-state index contributed by atoms with van der Waals surface area (Å²) in [5, 5.41) is 5.80. The van der Waals surface area contributed by atoms with Crippen LogP contribution < -0.4 is 10.6 Å². The lowest BCUT2D eigenvalue weighted by Crippen LogP contribution is -2.46. The van der Waals surface area contributed by atoms with Crippen molar-refractivity contribution in [1.82, 2.24) is 10.6 Å². The molecular weight excluding hydrogens is 228 g/mol. The number of nitrogens with one attached hydrogen (secondary N) is 2. The van der Waals surface area contributed by atoms with Crippen molar-refractivity contribution in [3.63, 3.8) is 0 Å². The molecule has 0 saturated heterocycles. The van der Waals surface area contributed by atoms with Crippen molar-refractivity contribution in [2.45, 2.75) is 57.9 Å². The third-order valence-corrected chi connectivity index (χ3v) is 4.15. The van der Waals surface area contributed by atoms with E-state index >= 15 is 0 Å². The minimum absolute atomic E-state index is 0.0330. The van der Waals surface area contributed by atoms with Gasteiger partial charge in [0.25, 0.3) is 0 Å². The molecule has 0 aromatic rings. The largest absolute Gasteiger partial charge is 0.352 e. The predicted octanol–water partition coefficient (Wildman–Crippen LogP) is 1.60. The zero-order valence-corrected chi connectivity index (χ0v) is 11.2. The van der Waals surface area contributed by atoms with E-state index in [2.05, 4.69) is 17.6 Å². The molecule has 2 atom stereocenters. The Hall–Kier alpha value is -1.06. The van der Waals surface area contributed by atoms with Crippen LogP contribution in [0.1, 0.15) is 51.9 Å². The summed E-state index contributed by atoms with van der Waals surface area (Å²) < 4.78 is 0. The van der Waals surface area contributed by atoms with Gasteiger partial charge in [0.05, 0.1) is 6.54 Å². The van der Waals surface area contributed by atoms with Gasteiger partial charge in [-0.25, -0.2) is 0 Å². The van der Waals surface area contributed by atoms with Crippen LogP contribution in [0.5, 0.6) is 0 Å². The number of amides is 2. The minimum atomic E-state index is -0.0330. The molecule has 2 amide bonds. The van der Waals surface area contributed by atoms with Gasteiger partial charge in [0.2, 0.25) is 11.8 Å². The Morgan fingerprint density at radius 3 is 2.50 bits per heavy atom. The van der Waals surface area contributed by atoms with Crippen molar-refractivity contribution in [3.8, 4) is 0 Å². The first-order valence-corrected chi connectivity index (χ1v) is 7.27. The van der Waals surface area contributed by atoms with Crippen molar-refractivity contribution in [1.29, 1.82) is 0 Å². The third kappa shape index (κ3) is 3.72. The summed E-state index contributed by atoms with van der Waals surface area (Å²) in [5.74, 6) is 0.799. The standard InChI is InChI=1S/C14H24N2O2/c1-2-10-5-3-4-6-12(10)16-13(17)9-15-14(18)11-7-8-11/h10-12H,2-9H2,1H3,(H,15,18)(H,16,17). The molecule has 2 fully saturated rings. The summed E-state index contributed by atoms with van der Waals surface area (Å²) in [7, 11) is 0. The second-order valence-corrected chi connectivity index (χ2v) is 5.62. The van der Waals surface area contributed by atoms with Gasteiger partial charge in [0.15, 0.2) is 0 Å². The normalized spacial score (nSPS) is 27.6. The number of carbonyl (C=O) groups is 2. The fourth-order valence-electron chi connectivity index (χ4n) is 2.80. The first kappa shape index (κ1) is 13.4. The summed E-state index contributed by atoms with van der Waals surface area (Å²) in [5.41, 5.74) is 0. The predicted molar refractivity (Wildman–Crippen MR) is 69.9 cm³/mol. The lowest BCUT2D eigenvalue weighted by atomic mass is 9.83. The average Bonchev–Trinajstić information content (AvgIpc) is 3.21. The molecule has 4 heteroatoms. The highest BCUT2D eigenvalue weighted by Crippen LogP contribution is 2.28. The number of carbonyl (C=O) groups excluding carboxylic acids is 2. The Bertz CT molecular complexity index is 313. The summed E-state index contributed by atoms with van der Waals surface area (Å²) >= 11 is 0. The van der Waals surface area contributed by atoms with Crippen molar-refractivity contribution < 1.29 is 9.59 Å². The molecule has 0 spiro atoms. The Morgan fingerprint density at radius 2 is 1.83 bits per heavy atom. The zero-order chi connectivity index (χ0) is 13.0. The molecule has 2 rings (SSSR count). The van der Waals surface area contributed by atoms with Gasteiger partial charge in [-0.3, -0.25) is 9.59 Å². The molecule has 0 bridgehead atoms. The maximum absolute atomic E-state index is 11.8. The van der Waals surface area contributed by atoms with E-state index in [9.17, 15) is 9.59 Å². The SMILES string of the molecule is CCC1CCCCC1NC(=O)CNC(=O)C1CC1. The third-order valence-electron chi connectivity index (χ3n) is 4.15. The summed E-state index contributed by atoms with van der Waals surface area (Å²) in [6.45, 7) is 2.33. The lowest BCUT2D eigenvalue weighted by Gasteiger charge is -2.31. The van der Waals surface area contributed by atoms with E-state index in [0.717, 1.165) is 25.7 Å². The van der Waals surface area contributed by atoms with Crippen LogP contribution in [-0.4, -0.2) is 24.4 Å². The molecule has 0 aliphatic heterocycles. The van der Waals surface area contributed by atoms with Crippen LogP contribution >= 0.6 is 0 Å². The van der Waals surface area contributed by atoms with E-state index in [0.29, 0.717) is 12.0 Å². The smallest absolute Gasteiger partial charge is 0.239 e. The zero-order valence-electron chi connectivity index (χ0n) is 11.2. The van der Waals surface area contributed by atoms with Gasteiger partial charge >= 0.3 is 0 Å². The molecule has 2 unspecified atom stereocenters. The lowest BCUT2D eigenvalue weighted by molar-refractivity contribution is -0.127. The molecule has 4 nitrogen and oxygen atoms in total. The van der Waals surface area contributed by atoms with Gasteiger partial charge in [0, 0.05) is 12.0 Å². The molecule has 0 radical (unpaired) electrons. The molecule has 18 heavy (non-hydrogen) atoms. The maximum Gasteiger partial charge on any atom is 0.239 e. The molecule has 102 valence electrons. The van der Waals surface area contributed by atoms with Crippen LogP contribution in [0.3, 0.4) is 0 Å². The Balaban J connectivity index is 1.70. The van der Waals surface area contributed by atoms with Crippen LogP contribution in [0.15, 0.2) is 0 Å². The van der Waals surface area contributed by atoms with Crippen LogP contribution in [0.4, 0.5) is 0 Å². The van der Waals surface area contributed by atoms with Crippen molar-refractivity contribution in [3.05, 3.63) is 0 Å².